The molecule has 0 aliphatic carbocycles. The van der Waals surface area contributed by atoms with Gasteiger partial charge in [0.25, 0.3) is 6.47 Å². The molecule has 0 amide bonds. The van der Waals surface area contributed by atoms with Gasteiger partial charge in [0, 0.05) is 24.3 Å². The zero-order chi connectivity index (χ0) is 25.3. The van der Waals surface area contributed by atoms with E-state index in [-0.39, 0.29) is 11.6 Å². The Bertz CT molecular complexity index is 912. The summed E-state index contributed by atoms with van der Waals surface area (Å²) in [6.07, 6.45) is 6.37. The molecule has 2 heterocycles. The molecule has 2 N–H and O–H groups in total. The molecule has 188 valence electrons. The average Bonchev–Trinajstić information content (AvgIpc) is 3.22. The van der Waals surface area contributed by atoms with Crippen molar-refractivity contribution in [3.63, 3.8) is 0 Å². The van der Waals surface area contributed by atoms with Crippen LogP contribution in [0.15, 0.2) is 36.7 Å². The van der Waals surface area contributed by atoms with Gasteiger partial charge in [0.2, 0.25) is 0 Å². The molecule has 1 unspecified atom stereocenters. The van der Waals surface area contributed by atoms with Gasteiger partial charge >= 0.3 is 5.97 Å². The first-order valence-electron chi connectivity index (χ1n) is 11.9. The van der Waals surface area contributed by atoms with Crippen LogP contribution in [0.4, 0.5) is 0 Å². The van der Waals surface area contributed by atoms with E-state index in [0.29, 0.717) is 12.4 Å². The molecule has 0 saturated carbocycles. The number of carbonyl (C=O) groups excluding carboxylic acids is 1. The molecule has 8 nitrogen and oxygen atoms in total. The van der Waals surface area contributed by atoms with E-state index in [4.69, 9.17) is 0 Å². The Balaban J connectivity index is 0.000000509. The number of carboxylic acid groups (broad SMARTS) is 1. The van der Waals surface area contributed by atoms with Crippen molar-refractivity contribution < 1.29 is 19.4 Å². The number of benzene rings is 1. The molecule has 0 bridgehead atoms. The molecular weight excluding hydrogens is 432 g/mol. The van der Waals surface area contributed by atoms with Crippen LogP contribution in [0.3, 0.4) is 0 Å². The van der Waals surface area contributed by atoms with Crippen molar-refractivity contribution in [2.24, 2.45) is 5.92 Å². The van der Waals surface area contributed by atoms with Gasteiger partial charge in [-0.3, -0.25) is 19.6 Å². The van der Waals surface area contributed by atoms with Crippen molar-refractivity contribution >= 4 is 12.4 Å². The lowest BCUT2D eigenvalue weighted by Gasteiger charge is -2.28. The highest BCUT2D eigenvalue weighted by atomic mass is 16.5. The predicted molar refractivity (Wildman–Crippen MR) is 133 cm³/mol. The van der Waals surface area contributed by atoms with Crippen LogP contribution in [-0.2, 0) is 20.9 Å². The second kappa shape index (κ2) is 12.7. The molecule has 0 spiro atoms. The Labute approximate surface area is 203 Å². The Morgan fingerprint density at radius 2 is 1.94 bits per heavy atom. The summed E-state index contributed by atoms with van der Waals surface area (Å²) in [6.45, 7) is 13.1. The Hall–Kier alpha value is -2.71. The monoisotopic (exact) mass is 472 g/mol. The third kappa shape index (κ3) is 9.27. The fraction of sp³-hybridized carbons (Fsp3) is 0.577. The molecule has 1 atom stereocenters. The topological polar surface area (TPSA) is 96.7 Å². The van der Waals surface area contributed by atoms with Gasteiger partial charge in [0.1, 0.15) is 11.6 Å². The first kappa shape index (κ1) is 27.5. The van der Waals surface area contributed by atoms with Crippen LogP contribution in [-0.4, -0.2) is 64.0 Å². The van der Waals surface area contributed by atoms with E-state index in [1.165, 1.54) is 12.8 Å². The Kier molecular flexibility index (Phi) is 10.3. The van der Waals surface area contributed by atoms with E-state index >= 15 is 0 Å². The highest BCUT2D eigenvalue weighted by Gasteiger charge is 2.21. The van der Waals surface area contributed by atoms with E-state index in [1.54, 1.807) is 0 Å². The lowest BCUT2D eigenvalue weighted by Crippen LogP contribution is -2.33. The number of aromatic nitrogens is 2. The second-order valence-electron chi connectivity index (χ2n) is 10.2. The maximum atomic E-state index is 11.6. The van der Waals surface area contributed by atoms with Gasteiger partial charge in [-0.25, -0.2) is 0 Å². The number of aliphatic carboxylic acids is 1. The molecule has 1 saturated heterocycles. The van der Waals surface area contributed by atoms with Crippen molar-refractivity contribution in [1.29, 1.82) is 0 Å². The first-order valence-corrected chi connectivity index (χ1v) is 11.9. The molecule has 2 aromatic rings. The fourth-order valence-corrected chi connectivity index (χ4v) is 3.81. The standard InChI is InChI=1S/C21H30N4O2.C5H10O2/c1-15(2)23-20(21(26)27)18-6-4-5-17(11-18)19-12-22-25(14-19)13-16-7-9-24(3)10-8-16;1-5(2,3)7-4-6/h4-6,11-12,14-16,20,23H,7-10,13H2,1-3H3,(H,26,27);4H,1-3H3. The molecule has 1 aliphatic heterocycles. The fourth-order valence-electron chi connectivity index (χ4n) is 3.81. The van der Waals surface area contributed by atoms with Gasteiger partial charge < -0.3 is 14.7 Å². The number of nitrogens with one attached hydrogen (secondary N) is 1. The summed E-state index contributed by atoms with van der Waals surface area (Å²) >= 11 is 0. The number of rotatable bonds is 8. The van der Waals surface area contributed by atoms with E-state index in [9.17, 15) is 14.7 Å². The van der Waals surface area contributed by atoms with Crippen molar-refractivity contribution in [2.45, 2.75) is 71.7 Å². The normalized spacial score (nSPS) is 16.0. The number of carbonyl (C=O) groups is 2. The van der Waals surface area contributed by atoms with Crippen LogP contribution in [0.2, 0.25) is 0 Å². The Morgan fingerprint density at radius 3 is 2.47 bits per heavy atom. The van der Waals surface area contributed by atoms with Crippen LogP contribution < -0.4 is 5.32 Å². The summed E-state index contributed by atoms with van der Waals surface area (Å²) < 4.78 is 6.58. The highest BCUT2D eigenvalue weighted by molar-refractivity contribution is 5.76. The molecule has 1 aromatic heterocycles. The van der Waals surface area contributed by atoms with Crippen LogP contribution in [0, 0.1) is 5.92 Å². The maximum absolute atomic E-state index is 11.6. The number of nitrogens with zero attached hydrogens (tertiary/aromatic N) is 3. The molecule has 1 fully saturated rings. The summed E-state index contributed by atoms with van der Waals surface area (Å²) in [6, 6.07) is 7.11. The molecule has 1 aromatic carbocycles. The zero-order valence-corrected chi connectivity index (χ0v) is 21.3. The molecule has 34 heavy (non-hydrogen) atoms. The van der Waals surface area contributed by atoms with Gasteiger partial charge in [-0.2, -0.15) is 5.10 Å². The van der Waals surface area contributed by atoms with E-state index < -0.39 is 12.0 Å². The lowest BCUT2D eigenvalue weighted by molar-refractivity contribution is -0.140. The molecule has 0 radical (unpaired) electrons. The highest BCUT2D eigenvalue weighted by Crippen LogP contribution is 2.25. The number of hydrogen-bond donors (Lipinski definition) is 2. The van der Waals surface area contributed by atoms with Crippen molar-refractivity contribution in [2.75, 3.05) is 20.1 Å². The minimum Gasteiger partial charge on any atom is -0.480 e. The second-order valence-corrected chi connectivity index (χ2v) is 10.2. The van der Waals surface area contributed by atoms with Crippen molar-refractivity contribution in [3.05, 3.63) is 42.2 Å². The minimum absolute atomic E-state index is 0.0899. The van der Waals surface area contributed by atoms with Gasteiger partial charge in [0.15, 0.2) is 0 Å². The summed E-state index contributed by atoms with van der Waals surface area (Å²) in [5.41, 5.74) is 2.47. The number of likely N-dealkylation sites (tertiary alicyclic amines) is 1. The molecule has 1 aliphatic rings. The summed E-state index contributed by atoms with van der Waals surface area (Å²) in [7, 11) is 2.17. The predicted octanol–water partition coefficient (Wildman–Crippen LogP) is 3.97. The third-order valence-corrected chi connectivity index (χ3v) is 5.62. The summed E-state index contributed by atoms with van der Waals surface area (Å²) in [5, 5.41) is 17.2. The van der Waals surface area contributed by atoms with Gasteiger partial charge in [-0.05, 0) is 90.7 Å². The van der Waals surface area contributed by atoms with Gasteiger partial charge in [-0.15, -0.1) is 0 Å². The Morgan fingerprint density at radius 1 is 1.26 bits per heavy atom. The SMILES string of the molecule is CC(C)(C)OC=O.CC(C)NC(C(=O)O)c1cccc(-c2cnn(CC3CCN(C)CC3)c2)c1. The van der Waals surface area contributed by atoms with Gasteiger partial charge in [0.05, 0.1) is 6.20 Å². The zero-order valence-electron chi connectivity index (χ0n) is 21.3. The van der Waals surface area contributed by atoms with Crippen molar-refractivity contribution in [3.8, 4) is 11.1 Å². The van der Waals surface area contributed by atoms with Crippen LogP contribution in [0.25, 0.3) is 11.1 Å². The first-order chi connectivity index (χ1) is 16.0. The van der Waals surface area contributed by atoms with Gasteiger partial charge in [-0.1, -0.05) is 18.2 Å². The maximum Gasteiger partial charge on any atom is 0.325 e. The minimum atomic E-state index is -0.862. The van der Waals surface area contributed by atoms with E-state index in [0.717, 1.165) is 36.3 Å². The van der Waals surface area contributed by atoms with E-state index in [1.807, 2.05) is 69.8 Å². The molecule has 8 heteroatoms. The number of carboxylic acids is 1. The van der Waals surface area contributed by atoms with Crippen LogP contribution >= 0.6 is 0 Å². The van der Waals surface area contributed by atoms with Crippen molar-refractivity contribution in [1.82, 2.24) is 20.0 Å². The number of piperidine rings is 1. The molecule has 3 rings (SSSR count). The lowest BCUT2D eigenvalue weighted by atomic mass is 9.97. The number of ether oxygens (including phenoxy) is 1. The summed E-state index contributed by atoms with van der Waals surface area (Å²) in [5.74, 6) is -0.189. The smallest absolute Gasteiger partial charge is 0.325 e. The molecular formula is C26H40N4O4. The van der Waals surface area contributed by atoms with Crippen LogP contribution in [0.5, 0.6) is 0 Å². The van der Waals surface area contributed by atoms with E-state index in [2.05, 4.69) is 33.3 Å². The average molecular weight is 473 g/mol. The van der Waals surface area contributed by atoms with Crippen LogP contribution in [0.1, 0.15) is 59.1 Å². The largest absolute Gasteiger partial charge is 0.480 e. The number of hydrogen-bond acceptors (Lipinski definition) is 6. The quantitative estimate of drug-likeness (QED) is 0.561. The third-order valence-electron chi connectivity index (χ3n) is 5.62. The summed E-state index contributed by atoms with van der Waals surface area (Å²) in [4.78, 5) is 23.6.